The molecule has 0 atom stereocenters. The summed E-state index contributed by atoms with van der Waals surface area (Å²) in [5, 5.41) is 11.2. The summed E-state index contributed by atoms with van der Waals surface area (Å²) in [6, 6.07) is 16.6. The molecule has 4 aromatic rings. The Morgan fingerprint density at radius 1 is 1.00 bits per heavy atom. The minimum absolute atomic E-state index is 0.288. The number of hydrogen-bond donors (Lipinski definition) is 2. The first-order valence-electron chi connectivity index (χ1n) is 8.05. The van der Waals surface area contributed by atoms with E-state index in [4.69, 9.17) is 0 Å². The Morgan fingerprint density at radius 3 is 2.68 bits per heavy atom. The second-order valence-corrected chi connectivity index (χ2v) is 6.08. The van der Waals surface area contributed by atoms with Crippen LogP contribution in [-0.4, -0.2) is 15.2 Å². The molecule has 5 heteroatoms. The fourth-order valence-electron chi connectivity index (χ4n) is 2.96. The summed E-state index contributed by atoms with van der Waals surface area (Å²) in [5.74, 6) is 0.305. The van der Waals surface area contributed by atoms with E-state index in [9.17, 15) is 4.39 Å². The van der Waals surface area contributed by atoms with Gasteiger partial charge in [-0.1, -0.05) is 24.3 Å². The first kappa shape index (κ1) is 15.3. The number of aromatic nitrogens is 3. The van der Waals surface area contributed by atoms with Gasteiger partial charge in [-0.3, -0.25) is 10.1 Å². The molecule has 124 valence electrons. The third kappa shape index (κ3) is 2.96. The topological polar surface area (TPSA) is 53.6 Å². The van der Waals surface area contributed by atoms with Crippen LogP contribution in [-0.2, 0) is 0 Å². The van der Waals surface area contributed by atoms with E-state index in [1.807, 2.05) is 31.2 Å². The monoisotopic (exact) mass is 332 g/mol. The van der Waals surface area contributed by atoms with Gasteiger partial charge in [-0.15, -0.1) is 0 Å². The van der Waals surface area contributed by atoms with Gasteiger partial charge < -0.3 is 5.32 Å². The van der Waals surface area contributed by atoms with Crippen LogP contribution in [0.4, 0.5) is 15.9 Å². The highest BCUT2D eigenvalue weighted by Gasteiger charge is 2.10. The third-order valence-corrected chi connectivity index (χ3v) is 4.16. The SMILES string of the molecule is Cc1cc(Nc2n[nH]c3ccc(F)cc23)cc(-c2ccccc2C)n1. The number of aromatic amines is 1. The number of pyridine rings is 1. The van der Waals surface area contributed by atoms with Crippen LogP contribution in [0.1, 0.15) is 11.3 Å². The molecule has 0 aliphatic rings. The van der Waals surface area contributed by atoms with Crippen molar-refractivity contribution >= 4 is 22.4 Å². The molecule has 2 N–H and O–H groups in total. The Balaban J connectivity index is 1.76. The molecule has 0 saturated carbocycles. The van der Waals surface area contributed by atoms with E-state index < -0.39 is 0 Å². The van der Waals surface area contributed by atoms with Gasteiger partial charge in [0.05, 0.1) is 11.2 Å². The molecule has 0 fully saturated rings. The number of aryl methyl sites for hydroxylation is 2. The highest BCUT2D eigenvalue weighted by molar-refractivity contribution is 5.91. The van der Waals surface area contributed by atoms with Gasteiger partial charge in [-0.25, -0.2) is 4.39 Å². The fraction of sp³-hybridized carbons (Fsp3) is 0.100. The number of H-pyrrole nitrogens is 1. The minimum atomic E-state index is -0.288. The summed E-state index contributed by atoms with van der Waals surface area (Å²) < 4.78 is 13.5. The smallest absolute Gasteiger partial charge is 0.160 e. The molecule has 0 bridgehead atoms. The van der Waals surface area contributed by atoms with Crippen molar-refractivity contribution in [2.75, 3.05) is 5.32 Å². The molecule has 0 aliphatic carbocycles. The number of nitrogens with zero attached hydrogens (tertiary/aromatic N) is 2. The average molecular weight is 332 g/mol. The standard InChI is InChI=1S/C20H17FN4/c1-12-5-3-4-6-16(12)19-11-15(9-13(2)22-19)23-20-17-10-14(21)7-8-18(17)24-25-20/h3-11H,1-2H3,(H2,22,23,24,25). The van der Waals surface area contributed by atoms with E-state index >= 15 is 0 Å². The van der Waals surface area contributed by atoms with E-state index in [0.29, 0.717) is 11.2 Å². The highest BCUT2D eigenvalue weighted by atomic mass is 19.1. The van der Waals surface area contributed by atoms with Gasteiger partial charge in [0.25, 0.3) is 0 Å². The molecule has 4 nitrogen and oxygen atoms in total. The number of rotatable bonds is 3. The van der Waals surface area contributed by atoms with Gasteiger partial charge >= 0.3 is 0 Å². The molecule has 0 amide bonds. The van der Waals surface area contributed by atoms with Gasteiger partial charge in [-0.2, -0.15) is 5.10 Å². The van der Waals surface area contributed by atoms with Crippen molar-refractivity contribution < 1.29 is 4.39 Å². The molecule has 2 heterocycles. The Morgan fingerprint density at radius 2 is 1.84 bits per heavy atom. The van der Waals surface area contributed by atoms with Crippen LogP contribution in [0, 0.1) is 19.7 Å². The van der Waals surface area contributed by atoms with E-state index in [1.165, 1.54) is 17.7 Å². The molecule has 0 saturated heterocycles. The van der Waals surface area contributed by atoms with Crippen molar-refractivity contribution in [1.29, 1.82) is 0 Å². The number of nitrogens with one attached hydrogen (secondary N) is 2. The minimum Gasteiger partial charge on any atom is -0.338 e. The Hall–Kier alpha value is -3.21. The lowest BCUT2D eigenvalue weighted by atomic mass is 10.0. The van der Waals surface area contributed by atoms with Crippen LogP contribution in [0.25, 0.3) is 22.2 Å². The fourth-order valence-corrected chi connectivity index (χ4v) is 2.96. The lowest BCUT2D eigenvalue weighted by Crippen LogP contribution is -1.96. The number of hydrogen-bond acceptors (Lipinski definition) is 3. The first-order chi connectivity index (χ1) is 12.1. The lowest BCUT2D eigenvalue weighted by Gasteiger charge is -2.10. The zero-order valence-electron chi connectivity index (χ0n) is 14.0. The van der Waals surface area contributed by atoms with Gasteiger partial charge in [-0.05, 0) is 49.7 Å². The van der Waals surface area contributed by atoms with Crippen LogP contribution in [0.2, 0.25) is 0 Å². The summed E-state index contributed by atoms with van der Waals surface area (Å²) >= 11 is 0. The third-order valence-electron chi connectivity index (χ3n) is 4.16. The van der Waals surface area contributed by atoms with Crippen molar-refractivity contribution in [2.24, 2.45) is 0 Å². The van der Waals surface area contributed by atoms with Crippen LogP contribution < -0.4 is 5.32 Å². The zero-order chi connectivity index (χ0) is 17.4. The molecular weight excluding hydrogens is 315 g/mol. The molecule has 25 heavy (non-hydrogen) atoms. The van der Waals surface area contributed by atoms with Gasteiger partial charge in [0, 0.05) is 22.3 Å². The number of benzene rings is 2. The van der Waals surface area contributed by atoms with E-state index in [1.54, 1.807) is 6.07 Å². The zero-order valence-corrected chi connectivity index (χ0v) is 14.0. The van der Waals surface area contributed by atoms with Crippen molar-refractivity contribution in [3.8, 4) is 11.3 Å². The Kier molecular flexibility index (Phi) is 3.69. The maximum atomic E-state index is 13.5. The maximum Gasteiger partial charge on any atom is 0.160 e. The van der Waals surface area contributed by atoms with Crippen molar-refractivity contribution in [3.05, 3.63) is 71.7 Å². The Labute approximate surface area is 144 Å². The predicted octanol–water partition coefficient (Wildman–Crippen LogP) is 5.12. The highest BCUT2D eigenvalue weighted by Crippen LogP contribution is 2.28. The summed E-state index contributed by atoms with van der Waals surface area (Å²) in [6.07, 6.45) is 0. The molecule has 0 unspecified atom stereocenters. The molecule has 2 aromatic heterocycles. The average Bonchev–Trinajstić information content (AvgIpc) is 2.97. The summed E-state index contributed by atoms with van der Waals surface area (Å²) in [7, 11) is 0. The Bertz CT molecular complexity index is 1070. The first-order valence-corrected chi connectivity index (χ1v) is 8.05. The molecule has 4 rings (SSSR count). The number of anilines is 2. The lowest BCUT2D eigenvalue weighted by molar-refractivity contribution is 0.630. The van der Waals surface area contributed by atoms with Crippen LogP contribution in [0.5, 0.6) is 0 Å². The molecule has 0 radical (unpaired) electrons. The quantitative estimate of drug-likeness (QED) is 0.547. The van der Waals surface area contributed by atoms with Gasteiger partial charge in [0.2, 0.25) is 0 Å². The summed E-state index contributed by atoms with van der Waals surface area (Å²) in [5.41, 5.74) is 5.70. The van der Waals surface area contributed by atoms with Crippen molar-refractivity contribution in [1.82, 2.24) is 15.2 Å². The van der Waals surface area contributed by atoms with Crippen LogP contribution in [0.15, 0.2) is 54.6 Å². The van der Waals surface area contributed by atoms with Gasteiger partial charge in [0.15, 0.2) is 5.82 Å². The predicted molar refractivity (Wildman–Crippen MR) is 98.5 cm³/mol. The number of halogens is 1. The van der Waals surface area contributed by atoms with E-state index in [0.717, 1.165) is 28.2 Å². The van der Waals surface area contributed by atoms with Crippen molar-refractivity contribution in [3.63, 3.8) is 0 Å². The normalized spacial score (nSPS) is 11.0. The summed E-state index contributed by atoms with van der Waals surface area (Å²) in [6.45, 7) is 4.02. The van der Waals surface area contributed by atoms with Gasteiger partial charge in [0.1, 0.15) is 5.82 Å². The molecular formula is C20H17FN4. The molecule has 0 aliphatic heterocycles. The van der Waals surface area contributed by atoms with Crippen molar-refractivity contribution in [2.45, 2.75) is 13.8 Å². The second kappa shape index (κ2) is 6.02. The van der Waals surface area contributed by atoms with Crippen LogP contribution in [0.3, 0.4) is 0 Å². The second-order valence-electron chi connectivity index (χ2n) is 6.08. The summed E-state index contributed by atoms with van der Waals surface area (Å²) in [4.78, 5) is 4.64. The van der Waals surface area contributed by atoms with Crippen LogP contribution >= 0.6 is 0 Å². The number of fused-ring (bicyclic) bond motifs is 1. The maximum absolute atomic E-state index is 13.5. The molecule has 2 aromatic carbocycles. The largest absolute Gasteiger partial charge is 0.338 e. The van der Waals surface area contributed by atoms with E-state index in [-0.39, 0.29) is 5.82 Å². The molecule has 0 spiro atoms. The van der Waals surface area contributed by atoms with E-state index in [2.05, 4.69) is 39.6 Å².